The molecule has 1 heterocycles. The molecule has 3 nitrogen and oxygen atoms in total. The standard InChI is InChI=1S/C14H21BrN2O/c1-17-10-11(9-16-17)18-13-8-12(15)14(13)6-4-2-3-5-7-14/h9-10,12-13H,2-8H2,1H3. The Morgan fingerprint density at radius 3 is 2.61 bits per heavy atom. The van der Waals surface area contributed by atoms with Gasteiger partial charge in [-0.15, -0.1) is 0 Å². The molecule has 2 aliphatic carbocycles. The van der Waals surface area contributed by atoms with Crippen molar-refractivity contribution in [3.63, 3.8) is 0 Å². The average molecular weight is 313 g/mol. The summed E-state index contributed by atoms with van der Waals surface area (Å²) in [5, 5.41) is 4.18. The molecule has 0 bridgehead atoms. The lowest BCUT2D eigenvalue weighted by Crippen LogP contribution is -2.56. The van der Waals surface area contributed by atoms with Crippen LogP contribution in [0.5, 0.6) is 5.75 Å². The topological polar surface area (TPSA) is 27.1 Å². The van der Waals surface area contributed by atoms with E-state index in [0.717, 1.165) is 12.2 Å². The van der Waals surface area contributed by atoms with Crippen LogP contribution in [0.4, 0.5) is 0 Å². The predicted octanol–water partition coefficient (Wildman–Crippen LogP) is 3.68. The Morgan fingerprint density at radius 1 is 1.33 bits per heavy atom. The van der Waals surface area contributed by atoms with Crippen LogP contribution in [0.1, 0.15) is 44.9 Å². The third kappa shape index (κ3) is 2.09. The molecule has 3 rings (SSSR count). The van der Waals surface area contributed by atoms with Crippen LogP contribution < -0.4 is 4.74 Å². The minimum Gasteiger partial charge on any atom is -0.486 e. The van der Waals surface area contributed by atoms with E-state index in [0.29, 0.717) is 16.3 Å². The molecule has 2 saturated carbocycles. The van der Waals surface area contributed by atoms with E-state index < -0.39 is 0 Å². The molecule has 100 valence electrons. The molecule has 0 N–H and O–H groups in total. The summed E-state index contributed by atoms with van der Waals surface area (Å²) >= 11 is 3.87. The van der Waals surface area contributed by atoms with E-state index in [2.05, 4.69) is 21.0 Å². The first-order chi connectivity index (χ1) is 8.71. The van der Waals surface area contributed by atoms with Crippen LogP contribution in [0.3, 0.4) is 0 Å². The zero-order valence-electron chi connectivity index (χ0n) is 10.9. The van der Waals surface area contributed by atoms with Crippen LogP contribution in [0.2, 0.25) is 0 Å². The van der Waals surface area contributed by atoms with Crippen LogP contribution in [0.25, 0.3) is 0 Å². The van der Waals surface area contributed by atoms with Crippen LogP contribution in [0, 0.1) is 5.41 Å². The van der Waals surface area contributed by atoms with Crippen molar-refractivity contribution in [1.82, 2.24) is 9.78 Å². The van der Waals surface area contributed by atoms with Crippen molar-refractivity contribution in [2.45, 2.75) is 55.9 Å². The minimum atomic E-state index is 0.379. The highest BCUT2D eigenvalue weighted by molar-refractivity contribution is 9.09. The summed E-state index contributed by atoms with van der Waals surface area (Å²) in [4.78, 5) is 0.643. The first-order valence-electron chi connectivity index (χ1n) is 7.00. The molecule has 1 aromatic rings. The van der Waals surface area contributed by atoms with Gasteiger partial charge in [-0.2, -0.15) is 5.10 Å². The van der Waals surface area contributed by atoms with E-state index >= 15 is 0 Å². The fourth-order valence-corrected chi connectivity index (χ4v) is 4.60. The maximum absolute atomic E-state index is 6.18. The molecule has 0 aromatic carbocycles. The highest BCUT2D eigenvalue weighted by Gasteiger charge is 2.55. The van der Waals surface area contributed by atoms with Crippen LogP contribution in [-0.4, -0.2) is 20.7 Å². The normalized spacial score (nSPS) is 30.8. The largest absolute Gasteiger partial charge is 0.486 e. The molecule has 0 radical (unpaired) electrons. The lowest BCUT2D eigenvalue weighted by atomic mass is 9.61. The molecule has 18 heavy (non-hydrogen) atoms. The number of rotatable bonds is 2. The fourth-order valence-electron chi connectivity index (χ4n) is 3.51. The molecule has 0 amide bonds. The summed E-state index contributed by atoms with van der Waals surface area (Å²) in [7, 11) is 1.93. The second kappa shape index (κ2) is 4.87. The molecule has 1 aromatic heterocycles. The van der Waals surface area contributed by atoms with Gasteiger partial charge in [-0.1, -0.05) is 41.6 Å². The van der Waals surface area contributed by atoms with Gasteiger partial charge in [-0.3, -0.25) is 4.68 Å². The van der Waals surface area contributed by atoms with Crippen LogP contribution >= 0.6 is 15.9 Å². The number of aryl methyl sites for hydroxylation is 1. The number of hydrogen-bond acceptors (Lipinski definition) is 2. The third-order valence-electron chi connectivity index (χ3n) is 4.68. The summed E-state index contributed by atoms with van der Waals surface area (Å²) in [5.41, 5.74) is 0.381. The first kappa shape index (κ1) is 12.5. The predicted molar refractivity (Wildman–Crippen MR) is 75.1 cm³/mol. The Kier molecular flexibility index (Phi) is 3.39. The zero-order chi connectivity index (χ0) is 12.6. The molecule has 2 aliphatic rings. The summed E-state index contributed by atoms with van der Waals surface area (Å²) < 4.78 is 7.98. The number of aromatic nitrogens is 2. The maximum Gasteiger partial charge on any atom is 0.157 e. The summed E-state index contributed by atoms with van der Waals surface area (Å²) in [6, 6.07) is 0. The first-order valence-corrected chi connectivity index (χ1v) is 7.92. The van der Waals surface area contributed by atoms with Crippen molar-refractivity contribution in [1.29, 1.82) is 0 Å². The number of alkyl halides is 1. The van der Waals surface area contributed by atoms with E-state index in [4.69, 9.17) is 4.74 Å². The second-order valence-corrected chi connectivity index (χ2v) is 6.91. The van der Waals surface area contributed by atoms with Gasteiger partial charge in [0.25, 0.3) is 0 Å². The van der Waals surface area contributed by atoms with Crippen molar-refractivity contribution >= 4 is 15.9 Å². The summed E-state index contributed by atoms with van der Waals surface area (Å²) in [6.45, 7) is 0. The highest BCUT2D eigenvalue weighted by Crippen LogP contribution is 2.55. The molecule has 2 fully saturated rings. The van der Waals surface area contributed by atoms with E-state index in [9.17, 15) is 0 Å². The van der Waals surface area contributed by atoms with E-state index in [1.165, 1.54) is 38.5 Å². The lowest BCUT2D eigenvalue weighted by Gasteiger charge is -2.53. The van der Waals surface area contributed by atoms with Gasteiger partial charge in [0.05, 0.1) is 12.4 Å². The fraction of sp³-hybridized carbons (Fsp3) is 0.786. The lowest BCUT2D eigenvalue weighted by molar-refractivity contribution is -0.0462. The number of halogens is 1. The van der Waals surface area contributed by atoms with Gasteiger partial charge >= 0.3 is 0 Å². The summed E-state index contributed by atoms with van der Waals surface area (Å²) in [6.07, 6.45) is 13.4. The second-order valence-electron chi connectivity index (χ2n) is 5.81. The average Bonchev–Trinajstić information content (AvgIpc) is 2.64. The van der Waals surface area contributed by atoms with E-state index in [-0.39, 0.29) is 0 Å². The van der Waals surface area contributed by atoms with Crippen molar-refractivity contribution in [3.8, 4) is 5.75 Å². The Hall–Kier alpha value is -0.510. The Morgan fingerprint density at radius 2 is 2.06 bits per heavy atom. The molecular weight excluding hydrogens is 292 g/mol. The van der Waals surface area contributed by atoms with Gasteiger partial charge < -0.3 is 4.74 Å². The number of hydrogen-bond donors (Lipinski definition) is 0. The molecular formula is C14H21BrN2O. The Balaban J connectivity index is 1.72. The van der Waals surface area contributed by atoms with Gasteiger partial charge in [-0.05, 0) is 19.3 Å². The minimum absolute atomic E-state index is 0.379. The van der Waals surface area contributed by atoms with Crippen molar-refractivity contribution in [2.24, 2.45) is 12.5 Å². The molecule has 1 spiro atoms. The van der Waals surface area contributed by atoms with Gasteiger partial charge in [0.2, 0.25) is 0 Å². The zero-order valence-corrected chi connectivity index (χ0v) is 12.5. The number of nitrogens with zero attached hydrogens (tertiary/aromatic N) is 2. The molecule has 2 atom stereocenters. The quantitative estimate of drug-likeness (QED) is 0.779. The monoisotopic (exact) mass is 312 g/mol. The smallest absolute Gasteiger partial charge is 0.157 e. The van der Waals surface area contributed by atoms with Crippen molar-refractivity contribution in [2.75, 3.05) is 0 Å². The van der Waals surface area contributed by atoms with Gasteiger partial charge in [0.1, 0.15) is 6.10 Å². The summed E-state index contributed by atoms with van der Waals surface area (Å²) in [5.74, 6) is 0.922. The third-order valence-corrected chi connectivity index (χ3v) is 5.97. The Labute approximate surface area is 117 Å². The van der Waals surface area contributed by atoms with E-state index in [1.807, 2.05) is 19.4 Å². The molecule has 0 saturated heterocycles. The number of ether oxygens (including phenoxy) is 1. The Bertz CT molecular complexity index is 410. The van der Waals surface area contributed by atoms with Gasteiger partial charge in [0.15, 0.2) is 5.75 Å². The maximum atomic E-state index is 6.18. The molecule has 2 unspecified atom stereocenters. The van der Waals surface area contributed by atoms with Crippen molar-refractivity contribution in [3.05, 3.63) is 12.4 Å². The van der Waals surface area contributed by atoms with Gasteiger partial charge in [-0.25, -0.2) is 0 Å². The molecule has 4 heteroatoms. The van der Waals surface area contributed by atoms with Crippen molar-refractivity contribution < 1.29 is 4.74 Å². The van der Waals surface area contributed by atoms with Gasteiger partial charge in [0, 0.05) is 17.3 Å². The van der Waals surface area contributed by atoms with Crippen LogP contribution in [0.15, 0.2) is 12.4 Å². The highest BCUT2D eigenvalue weighted by atomic mass is 79.9. The van der Waals surface area contributed by atoms with E-state index in [1.54, 1.807) is 4.68 Å². The molecule has 0 aliphatic heterocycles. The van der Waals surface area contributed by atoms with Crippen LogP contribution in [-0.2, 0) is 7.05 Å². The SMILES string of the molecule is Cn1cc(OC2CC(Br)C23CCCCCC3)cn1.